The molecule has 3 rings (SSSR count). The van der Waals surface area contributed by atoms with Crippen LogP contribution in [0.5, 0.6) is 0 Å². The molecule has 126 valence electrons. The summed E-state index contributed by atoms with van der Waals surface area (Å²) in [6.07, 6.45) is 4.10. The van der Waals surface area contributed by atoms with Crippen molar-refractivity contribution >= 4 is 5.91 Å². The summed E-state index contributed by atoms with van der Waals surface area (Å²) in [5.41, 5.74) is 1.36. The normalized spacial score (nSPS) is 23.0. The van der Waals surface area contributed by atoms with Gasteiger partial charge in [0.05, 0.1) is 0 Å². The van der Waals surface area contributed by atoms with E-state index in [1.165, 1.54) is 12.0 Å². The van der Waals surface area contributed by atoms with Crippen LogP contribution in [0.25, 0.3) is 0 Å². The fraction of sp³-hybridized carbons (Fsp3) is 0.632. The van der Waals surface area contributed by atoms with Crippen molar-refractivity contribution in [3.63, 3.8) is 0 Å². The molecule has 1 unspecified atom stereocenters. The van der Waals surface area contributed by atoms with Gasteiger partial charge in [-0.25, -0.2) is 0 Å². The summed E-state index contributed by atoms with van der Waals surface area (Å²) >= 11 is 0. The van der Waals surface area contributed by atoms with Crippen LogP contribution in [0.4, 0.5) is 0 Å². The topological polar surface area (TPSA) is 35.6 Å². The summed E-state index contributed by atoms with van der Waals surface area (Å²) in [5.74, 6) is 1.07. The van der Waals surface area contributed by atoms with E-state index >= 15 is 0 Å². The molecule has 2 aliphatic heterocycles. The zero-order valence-electron chi connectivity index (χ0n) is 14.0. The van der Waals surface area contributed by atoms with E-state index in [9.17, 15) is 4.79 Å². The Labute approximate surface area is 139 Å². The van der Waals surface area contributed by atoms with E-state index in [1.807, 2.05) is 0 Å². The first-order chi connectivity index (χ1) is 11.3. The molecular weight excluding hydrogens is 286 g/mol. The van der Waals surface area contributed by atoms with Crippen molar-refractivity contribution < 1.29 is 4.79 Å². The van der Waals surface area contributed by atoms with Gasteiger partial charge in [-0.15, -0.1) is 0 Å². The molecule has 2 fully saturated rings. The summed E-state index contributed by atoms with van der Waals surface area (Å²) in [4.78, 5) is 17.0. The van der Waals surface area contributed by atoms with Crippen LogP contribution in [-0.4, -0.2) is 55.0 Å². The summed E-state index contributed by atoms with van der Waals surface area (Å²) < 4.78 is 0. The van der Waals surface area contributed by atoms with E-state index in [1.54, 1.807) is 0 Å². The number of nitrogens with zero attached hydrogens (tertiary/aromatic N) is 2. The zero-order valence-corrected chi connectivity index (χ0v) is 14.0. The van der Waals surface area contributed by atoms with Gasteiger partial charge in [0.25, 0.3) is 0 Å². The maximum atomic E-state index is 12.5. The Morgan fingerprint density at radius 3 is 2.78 bits per heavy atom. The van der Waals surface area contributed by atoms with Crippen molar-refractivity contribution in [1.82, 2.24) is 15.1 Å². The highest BCUT2D eigenvalue weighted by molar-refractivity contribution is 5.76. The molecule has 4 nitrogen and oxygen atoms in total. The molecule has 0 aromatic heterocycles. The van der Waals surface area contributed by atoms with Crippen molar-refractivity contribution in [2.45, 2.75) is 32.2 Å². The molecule has 2 saturated heterocycles. The van der Waals surface area contributed by atoms with E-state index in [4.69, 9.17) is 0 Å². The number of hydrogen-bond acceptors (Lipinski definition) is 3. The minimum atomic E-state index is 0.360. The predicted molar refractivity (Wildman–Crippen MR) is 93.1 cm³/mol. The lowest BCUT2D eigenvalue weighted by molar-refractivity contribution is -0.131. The first-order valence-corrected chi connectivity index (χ1v) is 9.06. The van der Waals surface area contributed by atoms with E-state index in [-0.39, 0.29) is 0 Å². The Bertz CT molecular complexity index is 485. The number of rotatable bonds is 5. The van der Waals surface area contributed by atoms with Crippen LogP contribution in [0.3, 0.4) is 0 Å². The summed E-state index contributed by atoms with van der Waals surface area (Å²) in [6.45, 7) is 7.10. The largest absolute Gasteiger partial charge is 0.341 e. The van der Waals surface area contributed by atoms with Crippen molar-refractivity contribution in [3.8, 4) is 0 Å². The Kier molecular flexibility index (Phi) is 6.06. The minimum absolute atomic E-state index is 0.360. The molecule has 0 bridgehead atoms. The fourth-order valence-corrected chi connectivity index (χ4v) is 3.67. The number of nitrogens with one attached hydrogen (secondary N) is 1. The molecular formula is C19H29N3O. The van der Waals surface area contributed by atoms with Crippen LogP contribution in [0.1, 0.15) is 31.2 Å². The number of carbonyl (C=O) groups excluding carboxylic acids is 1. The standard InChI is InChI=1S/C19H29N3O/c23-19(8-7-17-9-10-20-15-17)22-12-4-11-21(13-14-22)16-18-5-2-1-3-6-18/h1-3,5-6,17,20H,4,7-16H2. The molecule has 0 saturated carbocycles. The summed E-state index contributed by atoms with van der Waals surface area (Å²) in [5, 5.41) is 3.38. The van der Waals surface area contributed by atoms with Crippen molar-refractivity contribution in [1.29, 1.82) is 0 Å². The SMILES string of the molecule is O=C(CCC1CCNC1)N1CCCN(Cc2ccccc2)CC1. The van der Waals surface area contributed by atoms with Crippen LogP contribution in [0.2, 0.25) is 0 Å². The van der Waals surface area contributed by atoms with Gasteiger partial charge in [0.15, 0.2) is 0 Å². The lowest BCUT2D eigenvalue weighted by atomic mass is 10.0. The third kappa shape index (κ3) is 5.05. The lowest BCUT2D eigenvalue weighted by Gasteiger charge is -2.22. The number of hydrogen-bond donors (Lipinski definition) is 1. The maximum Gasteiger partial charge on any atom is 0.222 e. The average Bonchev–Trinajstić information content (AvgIpc) is 2.99. The quantitative estimate of drug-likeness (QED) is 0.904. The van der Waals surface area contributed by atoms with Gasteiger partial charge in [-0.1, -0.05) is 30.3 Å². The Balaban J connectivity index is 1.43. The highest BCUT2D eigenvalue weighted by Crippen LogP contribution is 2.16. The smallest absolute Gasteiger partial charge is 0.222 e. The Hall–Kier alpha value is -1.39. The maximum absolute atomic E-state index is 12.5. The molecule has 2 heterocycles. The first kappa shape index (κ1) is 16.5. The van der Waals surface area contributed by atoms with E-state index in [0.717, 1.165) is 65.1 Å². The van der Waals surface area contributed by atoms with E-state index < -0.39 is 0 Å². The second-order valence-corrected chi connectivity index (χ2v) is 6.89. The molecule has 4 heteroatoms. The van der Waals surface area contributed by atoms with Crippen LogP contribution in [0, 0.1) is 5.92 Å². The monoisotopic (exact) mass is 315 g/mol. The van der Waals surface area contributed by atoms with Gasteiger partial charge in [0, 0.05) is 39.1 Å². The fourth-order valence-electron chi connectivity index (χ4n) is 3.67. The van der Waals surface area contributed by atoms with Gasteiger partial charge < -0.3 is 10.2 Å². The highest BCUT2D eigenvalue weighted by Gasteiger charge is 2.21. The van der Waals surface area contributed by atoms with E-state index in [2.05, 4.69) is 45.4 Å². The van der Waals surface area contributed by atoms with Crippen LogP contribution in [0.15, 0.2) is 30.3 Å². The molecule has 2 aliphatic rings. The zero-order chi connectivity index (χ0) is 15.9. The summed E-state index contributed by atoms with van der Waals surface area (Å²) in [7, 11) is 0. The second kappa shape index (κ2) is 8.46. The van der Waals surface area contributed by atoms with Crippen molar-refractivity contribution in [3.05, 3.63) is 35.9 Å². The van der Waals surface area contributed by atoms with Gasteiger partial charge in [0.1, 0.15) is 0 Å². The predicted octanol–water partition coefficient (Wildman–Crippen LogP) is 2.11. The average molecular weight is 315 g/mol. The second-order valence-electron chi connectivity index (χ2n) is 6.89. The lowest BCUT2D eigenvalue weighted by Crippen LogP contribution is -2.35. The highest BCUT2D eigenvalue weighted by atomic mass is 16.2. The van der Waals surface area contributed by atoms with Gasteiger partial charge in [-0.05, 0) is 43.8 Å². The van der Waals surface area contributed by atoms with Crippen LogP contribution in [-0.2, 0) is 11.3 Å². The third-order valence-corrected chi connectivity index (χ3v) is 5.12. The molecule has 1 atom stereocenters. The van der Waals surface area contributed by atoms with Gasteiger partial charge in [0.2, 0.25) is 5.91 Å². The minimum Gasteiger partial charge on any atom is -0.341 e. The molecule has 1 aromatic rings. The Morgan fingerprint density at radius 2 is 2.00 bits per heavy atom. The Morgan fingerprint density at radius 1 is 1.13 bits per heavy atom. The van der Waals surface area contributed by atoms with Crippen LogP contribution < -0.4 is 5.32 Å². The molecule has 0 radical (unpaired) electrons. The van der Waals surface area contributed by atoms with Crippen molar-refractivity contribution in [2.24, 2.45) is 5.92 Å². The molecule has 0 aliphatic carbocycles. The molecule has 23 heavy (non-hydrogen) atoms. The molecule has 1 amide bonds. The van der Waals surface area contributed by atoms with Gasteiger partial charge >= 0.3 is 0 Å². The van der Waals surface area contributed by atoms with Crippen LogP contribution >= 0.6 is 0 Å². The van der Waals surface area contributed by atoms with E-state index in [0.29, 0.717) is 11.8 Å². The number of amides is 1. The molecule has 1 N–H and O–H groups in total. The molecule has 1 aromatic carbocycles. The number of carbonyl (C=O) groups is 1. The summed E-state index contributed by atoms with van der Waals surface area (Å²) in [6, 6.07) is 10.6. The third-order valence-electron chi connectivity index (χ3n) is 5.12. The number of benzene rings is 1. The molecule has 0 spiro atoms. The van der Waals surface area contributed by atoms with Gasteiger partial charge in [-0.2, -0.15) is 0 Å². The van der Waals surface area contributed by atoms with Gasteiger partial charge in [-0.3, -0.25) is 9.69 Å². The first-order valence-electron chi connectivity index (χ1n) is 9.06. The van der Waals surface area contributed by atoms with Crippen molar-refractivity contribution in [2.75, 3.05) is 39.3 Å².